The number of ether oxygens (including phenoxy) is 2. The van der Waals surface area contributed by atoms with Crippen molar-refractivity contribution in [3.63, 3.8) is 0 Å². The monoisotopic (exact) mass is 370 g/mol. The SMILES string of the molecule is O=C(Nc1ccc(-c2cc3c(cc2O)OCO3)cn1)c1c(F)cccc1F. The van der Waals surface area contributed by atoms with Crippen LogP contribution in [0.4, 0.5) is 14.6 Å². The summed E-state index contributed by atoms with van der Waals surface area (Å²) in [4.78, 5) is 16.1. The van der Waals surface area contributed by atoms with Crippen molar-refractivity contribution in [3.05, 3.63) is 65.9 Å². The Bertz CT molecular complexity index is 1020. The Labute approximate surface area is 152 Å². The number of benzene rings is 2. The first-order chi connectivity index (χ1) is 13.0. The van der Waals surface area contributed by atoms with Gasteiger partial charge in [0.15, 0.2) is 11.5 Å². The first kappa shape index (κ1) is 16.8. The minimum absolute atomic E-state index is 0.0220. The van der Waals surface area contributed by atoms with Crippen LogP contribution in [-0.4, -0.2) is 22.8 Å². The van der Waals surface area contributed by atoms with Crippen molar-refractivity contribution in [1.29, 1.82) is 0 Å². The topological polar surface area (TPSA) is 80.7 Å². The molecule has 2 N–H and O–H groups in total. The summed E-state index contributed by atoms with van der Waals surface area (Å²) >= 11 is 0. The van der Waals surface area contributed by atoms with Crippen molar-refractivity contribution in [1.82, 2.24) is 4.98 Å². The van der Waals surface area contributed by atoms with E-state index < -0.39 is 23.1 Å². The molecule has 2 heterocycles. The Hall–Kier alpha value is -3.68. The van der Waals surface area contributed by atoms with Gasteiger partial charge in [0, 0.05) is 23.4 Å². The van der Waals surface area contributed by atoms with Crippen LogP contribution >= 0.6 is 0 Å². The largest absolute Gasteiger partial charge is 0.507 e. The molecule has 2 aromatic carbocycles. The standard InChI is InChI=1S/C19H12F2N2O4/c20-12-2-1-3-13(21)18(12)19(25)23-17-5-4-10(8-22-17)11-6-15-16(7-14(11)24)27-9-26-15/h1-8,24H,9H2,(H,22,23,25). The summed E-state index contributed by atoms with van der Waals surface area (Å²) in [7, 11) is 0. The first-order valence-electron chi connectivity index (χ1n) is 7.87. The van der Waals surface area contributed by atoms with Crippen molar-refractivity contribution < 1.29 is 28.2 Å². The average Bonchev–Trinajstić information content (AvgIpc) is 3.09. The van der Waals surface area contributed by atoms with Gasteiger partial charge < -0.3 is 19.9 Å². The molecule has 1 aromatic heterocycles. The highest BCUT2D eigenvalue weighted by molar-refractivity contribution is 6.04. The molecule has 0 saturated heterocycles. The Morgan fingerprint density at radius 3 is 2.44 bits per heavy atom. The number of halogens is 2. The van der Waals surface area contributed by atoms with Gasteiger partial charge in [-0.15, -0.1) is 0 Å². The van der Waals surface area contributed by atoms with Crippen LogP contribution in [-0.2, 0) is 0 Å². The van der Waals surface area contributed by atoms with E-state index in [-0.39, 0.29) is 18.4 Å². The predicted octanol–water partition coefficient (Wildman–Crippen LogP) is 3.71. The van der Waals surface area contributed by atoms with E-state index in [9.17, 15) is 18.7 Å². The first-order valence-corrected chi connectivity index (χ1v) is 7.87. The van der Waals surface area contributed by atoms with E-state index in [1.54, 1.807) is 12.1 Å². The maximum atomic E-state index is 13.7. The fourth-order valence-corrected chi connectivity index (χ4v) is 2.68. The van der Waals surface area contributed by atoms with Crippen LogP contribution in [0.5, 0.6) is 17.2 Å². The minimum Gasteiger partial charge on any atom is -0.507 e. The molecule has 4 rings (SSSR count). The molecular weight excluding hydrogens is 358 g/mol. The van der Waals surface area contributed by atoms with E-state index >= 15 is 0 Å². The lowest BCUT2D eigenvalue weighted by Gasteiger charge is -2.09. The molecule has 8 heteroatoms. The molecule has 1 aliphatic rings. The van der Waals surface area contributed by atoms with Gasteiger partial charge in [0.05, 0.1) is 0 Å². The summed E-state index contributed by atoms with van der Waals surface area (Å²) < 4.78 is 37.8. The zero-order valence-electron chi connectivity index (χ0n) is 13.7. The Balaban J connectivity index is 1.57. The second-order valence-corrected chi connectivity index (χ2v) is 5.71. The van der Waals surface area contributed by atoms with E-state index in [0.29, 0.717) is 22.6 Å². The summed E-state index contributed by atoms with van der Waals surface area (Å²) in [6, 6.07) is 9.27. The minimum atomic E-state index is -0.964. The molecule has 0 atom stereocenters. The molecule has 0 fully saturated rings. The van der Waals surface area contributed by atoms with Crippen LogP contribution in [0.25, 0.3) is 11.1 Å². The number of rotatable bonds is 3. The number of aromatic nitrogens is 1. The molecule has 0 saturated carbocycles. The summed E-state index contributed by atoms with van der Waals surface area (Å²) in [5.74, 6) is -1.85. The van der Waals surface area contributed by atoms with Gasteiger partial charge in [-0.3, -0.25) is 4.79 Å². The van der Waals surface area contributed by atoms with Crippen LogP contribution in [0.15, 0.2) is 48.7 Å². The molecule has 6 nitrogen and oxygen atoms in total. The number of carbonyl (C=O) groups is 1. The fraction of sp³-hybridized carbons (Fsp3) is 0.0526. The van der Waals surface area contributed by atoms with E-state index in [2.05, 4.69) is 10.3 Å². The molecular formula is C19H12F2N2O4. The average molecular weight is 370 g/mol. The number of pyridine rings is 1. The second kappa shape index (κ2) is 6.56. The van der Waals surface area contributed by atoms with E-state index in [1.807, 2.05) is 0 Å². The maximum Gasteiger partial charge on any atom is 0.262 e. The number of phenolic OH excluding ortho intramolecular Hbond substituents is 1. The zero-order chi connectivity index (χ0) is 19.0. The number of phenols is 1. The zero-order valence-corrected chi connectivity index (χ0v) is 13.7. The van der Waals surface area contributed by atoms with Crippen molar-refractivity contribution >= 4 is 11.7 Å². The third-order valence-electron chi connectivity index (χ3n) is 4.00. The van der Waals surface area contributed by atoms with Gasteiger partial charge in [-0.2, -0.15) is 0 Å². The number of anilines is 1. The lowest BCUT2D eigenvalue weighted by Crippen LogP contribution is -2.16. The van der Waals surface area contributed by atoms with Crippen LogP contribution in [0.1, 0.15) is 10.4 Å². The summed E-state index contributed by atoms with van der Waals surface area (Å²) in [6.07, 6.45) is 1.41. The van der Waals surface area contributed by atoms with Crippen LogP contribution in [0.2, 0.25) is 0 Å². The molecule has 136 valence electrons. The summed E-state index contributed by atoms with van der Waals surface area (Å²) in [6.45, 7) is 0.0774. The highest BCUT2D eigenvalue weighted by Gasteiger charge is 2.19. The number of amides is 1. The molecule has 27 heavy (non-hydrogen) atoms. The normalized spacial score (nSPS) is 12.1. The lowest BCUT2D eigenvalue weighted by atomic mass is 10.1. The third-order valence-corrected chi connectivity index (χ3v) is 4.00. The molecule has 1 aliphatic heterocycles. The smallest absolute Gasteiger partial charge is 0.262 e. The van der Waals surface area contributed by atoms with Crippen molar-refractivity contribution in [2.45, 2.75) is 0 Å². The van der Waals surface area contributed by atoms with Crippen LogP contribution in [0.3, 0.4) is 0 Å². The molecule has 0 aliphatic carbocycles. The number of hydrogen-bond donors (Lipinski definition) is 2. The van der Waals surface area contributed by atoms with Gasteiger partial charge in [0.1, 0.15) is 28.8 Å². The van der Waals surface area contributed by atoms with Gasteiger partial charge >= 0.3 is 0 Å². The number of nitrogens with zero attached hydrogens (tertiary/aromatic N) is 1. The van der Waals surface area contributed by atoms with E-state index in [0.717, 1.165) is 12.1 Å². The van der Waals surface area contributed by atoms with Crippen LogP contribution < -0.4 is 14.8 Å². The molecule has 1 amide bonds. The van der Waals surface area contributed by atoms with Crippen molar-refractivity contribution in [3.8, 4) is 28.4 Å². The molecule has 0 bridgehead atoms. The van der Waals surface area contributed by atoms with Crippen molar-refractivity contribution in [2.24, 2.45) is 0 Å². The Kier molecular flexibility index (Phi) is 4.08. The second-order valence-electron chi connectivity index (χ2n) is 5.71. The maximum absolute atomic E-state index is 13.7. The number of nitrogens with one attached hydrogen (secondary N) is 1. The van der Waals surface area contributed by atoms with Gasteiger partial charge in [-0.1, -0.05) is 6.07 Å². The summed E-state index contributed by atoms with van der Waals surface area (Å²) in [5.41, 5.74) is 0.336. The Morgan fingerprint density at radius 2 is 1.78 bits per heavy atom. The number of aromatic hydroxyl groups is 1. The molecule has 0 radical (unpaired) electrons. The van der Waals surface area contributed by atoms with Gasteiger partial charge in [-0.25, -0.2) is 13.8 Å². The molecule has 0 unspecified atom stereocenters. The highest BCUT2D eigenvalue weighted by Crippen LogP contribution is 2.41. The predicted molar refractivity (Wildman–Crippen MR) is 91.8 cm³/mol. The van der Waals surface area contributed by atoms with Gasteiger partial charge in [0.25, 0.3) is 5.91 Å². The highest BCUT2D eigenvalue weighted by atomic mass is 19.1. The third kappa shape index (κ3) is 3.12. The summed E-state index contributed by atoms with van der Waals surface area (Å²) in [5, 5.41) is 12.5. The lowest BCUT2D eigenvalue weighted by molar-refractivity contribution is 0.101. The van der Waals surface area contributed by atoms with Gasteiger partial charge in [0.2, 0.25) is 6.79 Å². The van der Waals surface area contributed by atoms with Crippen molar-refractivity contribution in [2.75, 3.05) is 12.1 Å². The number of hydrogen-bond acceptors (Lipinski definition) is 5. The fourth-order valence-electron chi connectivity index (χ4n) is 2.68. The molecule has 0 spiro atoms. The van der Waals surface area contributed by atoms with Crippen LogP contribution in [0, 0.1) is 11.6 Å². The molecule has 3 aromatic rings. The number of carbonyl (C=O) groups excluding carboxylic acids is 1. The number of fused-ring (bicyclic) bond motifs is 1. The van der Waals surface area contributed by atoms with E-state index in [4.69, 9.17) is 9.47 Å². The van der Waals surface area contributed by atoms with Gasteiger partial charge in [-0.05, 0) is 30.3 Å². The quantitative estimate of drug-likeness (QED) is 0.735. The Morgan fingerprint density at radius 1 is 1.07 bits per heavy atom. The van der Waals surface area contributed by atoms with E-state index in [1.165, 1.54) is 24.4 Å².